The topological polar surface area (TPSA) is 30.5 Å². The fourth-order valence-corrected chi connectivity index (χ4v) is 6.80. The van der Waals surface area contributed by atoms with Gasteiger partial charge in [0.15, 0.2) is 6.29 Å². The zero-order valence-corrected chi connectivity index (χ0v) is 32.9. The van der Waals surface area contributed by atoms with Crippen LogP contribution >= 0.6 is 12.4 Å². The van der Waals surface area contributed by atoms with Crippen LogP contribution in [0.4, 0.5) is 0 Å². The molecule has 2 aromatic carbocycles. The molecule has 0 bridgehead atoms. The molecule has 2 unspecified atom stereocenters. The van der Waals surface area contributed by atoms with Gasteiger partial charge in [-0.2, -0.15) is 0 Å². The SMILES string of the molecule is CCCCCCCCCCCCCCCCNC(C)(C)c1ccccc1C(C)OC(C)Oc1cccc(CC(C)C)c1CC(C)C.Cl. The first-order valence-corrected chi connectivity index (χ1v) is 19.3. The lowest BCUT2D eigenvalue weighted by atomic mass is 9.88. The molecule has 4 heteroatoms. The van der Waals surface area contributed by atoms with E-state index in [2.05, 4.69) is 103 Å². The van der Waals surface area contributed by atoms with Crippen LogP contribution in [0.2, 0.25) is 0 Å². The van der Waals surface area contributed by atoms with Gasteiger partial charge in [0.05, 0.1) is 6.10 Å². The number of halogens is 1. The summed E-state index contributed by atoms with van der Waals surface area (Å²) in [6, 6.07) is 15.3. The number of benzene rings is 2. The lowest BCUT2D eigenvalue weighted by Gasteiger charge is -2.32. The molecule has 0 fully saturated rings. The summed E-state index contributed by atoms with van der Waals surface area (Å²) in [5, 5.41) is 3.87. The normalized spacial score (nSPS) is 13.2. The first-order valence-electron chi connectivity index (χ1n) is 19.3. The lowest BCUT2D eigenvalue weighted by Crippen LogP contribution is -2.38. The zero-order valence-electron chi connectivity index (χ0n) is 32.1. The van der Waals surface area contributed by atoms with Gasteiger partial charge in [-0.25, -0.2) is 0 Å². The number of hydrogen-bond acceptors (Lipinski definition) is 3. The largest absolute Gasteiger partial charge is 0.465 e. The standard InChI is InChI=1S/C43H73NO2.ClH/c1-10-11-12-13-14-15-16-17-18-19-20-21-22-25-31-44-43(8,9)41-29-24-23-28-39(41)36(6)45-37(7)46-42-30-26-27-38(32-34(2)3)40(42)33-35(4)5;/h23-24,26-30,34-37,44H,10-22,25,31-33H2,1-9H3;1H. The highest BCUT2D eigenvalue weighted by atomic mass is 35.5. The minimum Gasteiger partial charge on any atom is -0.465 e. The van der Waals surface area contributed by atoms with Crippen LogP contribution < -0.4 is 10.1 Å². The molecule has 0 aliphatic heterocycles. The van der Waals surface area contributed by atoms with Gasteiger partial charge in [0.1, 0.15) is 5.75 Å². The van der Waals surface area contributed by atoms with Crippen molar-refractivity contribution >= 4 is 12.4 Å². The van der Waals surface area contributed by atoms with Gasteiger partial charge >= 0.3 is 0 Å². The Balaban J connectivity index is 0.0000110. The average molecular weight is 673 g/mol. The second kappa shape index (κ2) is 24.6. The Morgan fingerprint density at radius 3 is 1.72 bits per heavy atom. The van der Waals surface area contributed by atoms with E-state index in [4.69, 9.17) is 9.47 Å². The van der Waals surface area contributed by atoms with Crippen LogP contribution in [0, 0.1) is 11.8 Å². The van der Waals surface area contributed by atoms with Gasteiger partial charge in [-0.05, 0) is 93.7 Å². The average Bonchev–Trinajstić information content (AvgIpc) is 3.00. The first kappa shape index (κ1) is 43.5. The van der Waals surface area contributed by atoms with Crippen molar-refractivity contribution in [1.82, 2.24) is 5.32 Å². The molecule has 0 aliphatic rings. The molecule has 270 valence electrons. The third-order valence-electron chi connectivity index (χ3n) is 9.33. The number of hydrogen-bond donors (Lipinski definition) is 1. The van der Waals surface area contributed by atoms with Gasteiger partial charge in [-0.1, -0.05) is 154 Å². The molecule has 0 saturated heterocycles. The second-order valence-corrected chi connectivity index (χ2v) is 15.3. The molecule has 0 spiro atoms. The molecule has 0 saturated carbocycles. The van der Waals surface area contributed by atoms with Gasteiger partial charge < -0.3 is 14.8 Å². The quantitative estimate of drug-likeness (QED) is 0.0797. The predicted octanol–water partition coefficient (Wildman–Crippen LogP) is 13.3. The predicted molar refractivity (Wildman–Crippen MR) is 208 cm³/mol. The molecule has 47 heavy (non-hydrogen) atoms. The molecule has 0 heterocycles. The summed E-state index contributed by atoms with van der Waals surface area (Å²) in [5.41, 5.74) is 5.14. The van der Waals surface area contributed by atoms with Gasteiger partial charge in [0.2, 0.25) is 0 Å². The molecular weight excluding hydrogens is 598 g/mol. The fraction of sp³-hybridized carbons (Fsp3) is 0.721. The molecule has 0 amide bonds. The summed E-state index contributed by atoms with van der Waals surface area (Å²) < 4.78 is 13.0. The minimum absolute atomic E-state index is 0. The summed E-state index contributed by atoms with van der Waals surface area (Å²) in [5.74, 6) is 2.14. The van der Waals surface area contributed by atoms with E-state index in [9.17, 15) is 0 Å². The van der Waals surface area contributed by atoms with Crippen LogP contribution in [0.25, 0.3) is 0 Å². The molecule has 0 radical (unpaired) electrons. The Kier molecular flexibility index (Phi) is 22.7. The summed E-state index contributed by atoms with van der Waals surface area (Å²) >= 11 is 0. The maximum absolute atomic E-state index is 6.54. The second-order valence-electron chi connectivity index (χ2n) is 15.3. The van der Waals surface area contributed by atoms with Crippen molar-refractivity contribution in [3.05, 3.63) is 64.7 Å². The maximum atomic E-state index is 6.54. The highest BCUT2D eigenvalue weighted by Crippen LogP contribution is 2.33. The van der Waals surface area contributed by atoms with Gasteiger partial charge in [-0.15, -0.1) is 12.4 Å². The monoisotopic (exact) mass is 672 g/mol. The third-order valence-corrected chi connectivity index (χ3v) is 9.33. The zero-order chi connectivity index (χ0) is 33.8. The van der Waals surface area contributed by atoms with Crippen molar-refractivity contribution < 1.29 is 9.47 Å². The van der Waals surface area contributed by atoms with Gasteiger partial charge in [0, 0.05) is 5.54 Å². The van der Waals surface area contributed by atoms with Gasteiger partial charge in [0.25, 0.3) is 0 Å². The molecule has 0 aromatic heterocycles. The molecule has 1 N–H and O–H groups in total. The molecular formula is C43H74ClNO2. The smallest absolute Gasteiger partial charge is 0.197 e. The van der Waals surface area contributed by atoms with E-state index in [0.29, 0.717) is 11.8 Å². The maximum Gasteiger partial charge on any atom is 0.197 e. The summed E-state index contributed by atoms with van der Waals surface area (Å²) in [6.45, 7) is 21.3. The Morgan fingerprint density at radius 1 is 0.638 bits per heavy atom. The van der Waals surface area contributed by atoms with E-state index in [0.717, 1.165) is 25.1 Å². The molecule has 2 rings (SSSR count). The summed E-state index contributed by atoms with van der Waals surface area (Å²) in [6.07, 6.45) is 21.2. The van der Waals surface area contributed by atoms with Crippen LogP contribution in [0.5, 0.6) is 5.75 Å². The van der Waals surface area contributed by atoms with E-state index >= 15 is 0 Å². The summed E-state index contributed by atoms with van der Waals surface area (Å²) in [7, 11) is 0. The van der Waals surface area contributed by atoms with E-state index in [1.54, 1.807) is 0 Å². The van der Waals surface area contributed by atoms with E-state index in [1.807, 2.05) is 6.92 Å². The van der Waals surface area contributed by atoms with E-state index in [-0.39, 0.29) is 30.3 Å². The van der Waals surface area contributed by atoms with Crippen molar-refractivity contribution in [1.29, 1.82) is 0 Å². The lowest BCUT2D eigenvalue weighted by molar-refractivity contribution is -0.104. The third kappa shape index (κ3) is 17.6. The number of ether oxygens (including phenoxy) is 2. The number of nitrogens with one attached hydrogen (secondary N) is 1. The number of unbranched alkanes of at least 4 members (excludes halogenated alkanes) is 13. The molecule has 2 atom stereocenters. The van der Waals surface area contributed by atoms with Crippen molar-refractivity contribution in [3.8, 4) is 5.75 Å². The van der Waals surface area contributed by atoms with Crippen molar-refractivity contribution in [2.45, 2.75) is 183 Å². The van der Waals surface area contributed by atoms with Crippen LogP contribution in [0.15, 0.2) is 42.5 Å². The van der Waals surface area contributed by atoms with E-state index < -0.39 is 0 Å². The molecule has 0 aliphatic carbocycles. The first-order chi connectivity index (χ1) is 22.0. The van der Waals surface area contributed by atoms with Crippen LogP contribution in [-0.4, -0.2) is 12.8 Å². The highest BCUT2D eigenvalue weighted by Gasteiger charge is 2.26. The van der Waals surface area contributed by atoms with Crippen LogP contribution in [0.3, 0.4) is 0 Å². The van der Waals surface area contributed by atoms with Crippen molar-refractivity contribution in [2.75, 3.05) is 6.54 Å². The Hall–Kier alpha value is -1.55. The van der Waals surface area contributed by atoms with Gasteiger partial charge in [-0.3, -0.25) is 0 Å². The Bertz CT molecular complexity index is 1070. The fourth-order valence-electron chi connectivity index (χ4n) is 6.80. The minimum atomic E-state index is -0.352. The molecule has 3 nitrogen and oxygen atoms in total. The van der Waals surface area contributed by atoms with Crippen LogP contribution in [0.1, 0.15) is 181 Å². The van der Waals surface area contributed by atoms with Crippen molar-refractivity contribution in [2.24, 2.45) is 11.8 Å². The number of rotatable bonds is 26. The Labute approximate surface area is 298 Å². The van der Waals surface area contributed by atoms with E-state index in [1.165, 1.54) is 112 Å². The Morgan fingerprint density at radius 2 is 1.17 bits per heavy atom. The summed E-state index contributed by atoms with van der Waals surface area (Å²) in [4.78, 5) is 0. The molecule has 2 aromatic rings. The van der Waals surface area contributed by atoms with Crippen molar-refractivity contribution in [3.63, 3.8) is 0 Å². The highest BCUT2D eigenvalue weighted by molar-refractivity contribution is 5.85. The van der Waals surface area contributed by atoms with Crippen LogP contribution in [-0.2, 0) is 23.1 Å².